The minimum atomic E-state index is -1.38. The van der Waals surface area contributed by atoms with E-state index >= 15 is 0 Å². The third kappa shape index (κ3) is 1.90. The summed E-state index contributed by atoms with van der Waals surface area (Å²) in [6.45, 7) is 3.84. The number of hydrogen-bond donors (Lipinski definition) is 2. The number of β-lactam (4-membered cyclic amide) rings is 1. The maximum Gasteiger partial charge on any atom is 0.348 e. The predicted octanol–water partition coefficient (Wildman–Crippen LogP) is 0.106. The van der Waals surface area contributed by atoms with E-state index in [1.165, 1.54) is 4.90 Å². The molecule has 2 aliphatic heterocycles. The van der Waals surface area contributed by atoms with Crippen molar-refractivity contribution in [3.8, 4) is 0 Å². The van der Waals surface area contributed by atoms with Crippen LogP contribution in [-0.2, 0) is 14.3 Å². The van der Waals surface area contributed by atoms with Gasteiger partial charge in [-0.3, -0.25) is 4.79 Å². The zero-order chi connectivity index (χ0) is 13.5. The molecule has 2 fully saturated rings. The first-order valence-electron chi connectivity index (χ1n) is 5.96. The van der Waals surface area contributed by atoms with Gasteiger partial charge in [0.05, 0.1) is 23.9 Å². The van der Waals surface area contributed by atoms with E-state index in [1.807, 2.05) is 6.92 Å². The summed E-state index contributed by atoms with van der Waals surface area (Å²) in [4.78, 5) is 23.3. The van der Waals surface area contributed by atoms with Crippen molar-refractivity contribution in [3.05, 3.63) is 0 Å². The monoisotopic (exact) mass is 275 g/mol. The van der Waals surface area contributed by atoms with Crippen molar-refractivity contribution in [1.82, 2.24) is 4.90 Å². The number of aliphatic carboxylic acids is 1. The summed E-state index contributed by atoms with van der Waals surface area (Å²) in [5, 5.41) is 18.6. The van der Waals surface area contributed by atoms with Crippen LogP contribution in [0, 0.1) is 5.92 Å². The van der Waals surface area contributed by atoms with E-state index in [-0.39, 0.29) is 17.8 Å². The third-order valence-corrected chi connectivity index (χ3v) is 4.85. The highest BCUT2D eigenvalue weighted by molar-refractivity contribution is 8.02. The molecule has 2 heterocycles. The summed E-state index contributed by atoms with van der Waals surface area (Å²) in [6, 6.07) is 0. The van der Waals surface area contributed by atoms with E-state index < -0.39 is 22.9 Å². The number of aliphatic hydroxyl groups excluding tert-OH is 1. The molecule has 2 N–H and O–H groups in total. The lowest BCUT2D eigenvalue weighted by atomic mass is 9.93. The number of fused-ring (bicyclic) bond motifs is 1. The van der Waals surface area contributed by atoms with Gasteiger partial charge in [0, 0.05) is 6.61 Å². The van der Waals surface area contributed by atoms with Gasteiger partial charge in [0.25, 0.3) is 0 Å². The molecule has 2 rings (SSSR count). The number of amides is 1. The molecule has 0 spiro atoms. The summed E-state index contributed by atoms with van der Waals surface area (Å²) >= 11 is 1.12. The van der Waals surface area contributed by atoms with Gasteiger partial charge in [0.2, 0.25) is 10.8 Å². The first-order valence-corrected chi connectivity index (χ1v) is 6.84. The molecule has 0 bridgehead atoms. The van der Waals surface area contributed by atoms with Crippen LogP contribution in [0.3, 0.4) is 0 Å². The summed E-state index contributed by atoms with van der Waals surface area (Å²) in [7, 11) is 0. The molecule has 18 heavy (non-hydrogen) atoms. The molecule has 1 amide bonds. The van der Waals surface area contributed by atoms with Gasteiger partial charge in [0.15, 0.2) is 0 Å². The van der Waals surface area contributed by atoms with Gasteiger partial charge in [-0.15, -0.1) is 0 Å². The Bertz CT molecular complexity index is 374. The van der Waals surface area contributed by atoms with Crippen molar-refractivity contribution in [2.45, 2.75) is 36.7 Å². The van der Waals surface area contributed by atoms with Gasteiger partial charge in [-0.05, 0) is 13.3 Å². The van der Waals surface area contributed by atoms with Gasteiger partial charge in [-0.25, -0.2) is 4.79 Å². The Hall–Kier alpha value is -0.790. The van der Waals surface area contributed by atoms with Crippen molar-refractivity contribution in [1.29, 1.82) is 0 Å². The lowest BCUT2D eigenvalue weighted by Crippen LogP contribution is -2.60. The van der Waals surface area contributed by atoms with Crippen molar-refractivity contribution in [3.63, 3.8) is 0 Å². The fourth-order valence-electron chi connectivity index (χ4n) is 2.28. The molecule has 7 heteroatoms. The maximum atomic E-state index is 11.8. The Kier molecular flexibility index (Phi) is 3.57. The molecule has 4 atom stereocenters. The first-order chi connectivity index (χ1) is 8.43. The van der Waals surface area contributed by atoms with Crippen LogP contribution < -0.4 is 0 Å². The third-order valence-electron chi connectivity index (χ3n) is 3.26. The Morgan fingerprint density at radius 1 is 1.72 bits per heavy atom. The van der Waals surface area contributed by atoms with E-state index in [9.17, 15) is 19.8 Å². The van der Waals surface area contributed by atoms with Gasteiger partial charge in [0.1, 0.15) is 0 Å². The highest BCUT2D eigenvalue weighted by Gasteiger charge is 2.63. The number of carboxylic acids is 1. The molecule has 0 aromatic carbocycles. The lowest BCUT2D eigenvalue weighted by Gasteiger charge is -2.42. The molecule has 2 saturated heterocycles. The average Bonchev–Trinajstić information content (AvgIpc) is 2.62. The van der Waals surface area contributed by atoms with Gasteiger partial charge >= 0.3 is 5.97 Å². The molecule has 0 aromatic heterocycles. The Morgan fingerprint density at radius 2 is 2.39 bits per heavy atom. The average molecular weight is 275 g/mol. The highest BCUT2D eigenvalue weighted by atomic mass is 32.2. The zero-order valence-corrected chi connectivity index (χ0v) is 11.1. The number of hydrogen-bond acceptors (Lipinski definition) is 5. The molecular formula is C11H17NO5S. The van der Waals surface area contributed by atoms with Crippen LogP contribution in [0.15, 0.2) is 0 Å². The minimum Gasteiger partial charge on any atom is -0.478 e. The fraction of sp³-hybridized carbons (Fsp3) is 0.818. The van der Waals surface area contributed by atoms with Crippen LogP contribution in [-0.4, -0.2) is 56.6 Å². The number of carboxylic acid groups (broad SMARTS) is 1. The number of nitrogens with zero attached hydrogens (tertiary/aromatic N) is 1. The van der Waals surface area contributed by atoms with E-state index in [0.717, 1.165) is 11.8 Å². The van der Waals surface area contributed by atoms with Crippen LogP contribution in [0.4, 0.5) is 0 Å². The second-order valence-electron chi connectivity index (χ2n) is 4.65. The van der Waals surface area contributed by atoms with Gasteiger partial charge in [-0.2, -0.15) is 0 Å². The van der Waals surface area contributed by atoms with Crippen LogP contribution in [0.5, 0.6) is 0 Å². The van der Waals surface area contributed by atoms with E-state index in [2.05, 4.69) is 0 Å². The van der Waals surface area contributed by atoms with E-state index in [4.69, 9.17) is 4.74 Å². The molecule has 0 aromatic rings. The van der Waals surface area contributed by atoms with Gasteiger partial charge in [-0.1, -0.05) is 18.7 Å². The SMILES string of the molecule is CCCOC1(C(=O)O)CN2C(=O)[C@H](C(C)O)[C@H]2S1. The van der Waals surface area contributed by atoms with Crippen molar-refractivity contribution in [2.75, 3.05) is 13.2 Å². The zero-order valence-electron chi connectivity index (χ0n) is 10.3. The van der Waals surface area contributed by atoms with Crippen molar-refractivity contribution < 1.29 is 24.5 Å². The number of carbonyl (C=O) groups is 2. The molecule has 102 valence electrons. The summed E-state index contributed by atoms with van der Waals surface area (Å²) in [6.07, 6.45) is -0.0457. The van der Waals surface area contributed by atoms with Crippen LogP contribution >= 0.6 is 11.8 Å². The number of ether oxygens (including phenoxy) is 1. The van der Waals surface area contributed by atoms with Crippen LogP contribution in [0.25, 0.3) is 0 Å². The summed E-state index contributed by atoms with van der Waals surface area (Å²) in [5.74, 6) is -1.76. The Labute approximate surface area is 109 Å². The Morgan fingerprint density at radius 3 is 2.89 bits per heavy atom. The normalized spacial score (nSPS) is 36.2. The molecule has 2 aliphatic rings. The molecule has 0 aliphatic carbocycles. The topological polar surface area (TPSA) is 87.1 Å². The first kappa shape index (κ1) is 13.6. The summed E-state index contributed by atoms with van der Waals surface area (Å²) in [5.41, 5.74) is 0. The highest BCUT2D eigenvalue weighted by Crippen LogP contribution is 2.51. The number of aliphatic hydroxyl groups is 1. The smallest absolute Gasteiger partial charge is 0.348 e. The largest absolute Gasteiger partial charge is 0.478 e. The number of carbonyl (C=O) groups excluding carboxylic acids is 1. The molecule has 0 radical (unpaired) electrons. The van der Waals surface area contributed by atoms with Crippen molar-refractivity contribution >= 4 is 23.6 Å². The van der Waals surface area contributed by atoms with Crippen LogP contribution in [0.1, 0.15) is 20.3 Å². The van der Waals surface area contributed by atoms with Crippen LogP contribution in [0.2, 0.25) is 0 Å². The van der Waals surface area contributed by atoms with Gasteiger partial charge < -0.3 is 19.8 Å². The Balaban J connectivity index is 2.14. The summed E-state index contributed by atoms with van der Waals surface area (Å²) < 4.78 is 5.45. The maximum absolute atomic E-state index is 11.8. The molecule has 2 unspecified atom stereocenters. The molecule has 0 saturated carbocycles. The second-order valence-corrected chi connectivity index (χ2v) is 6.03. The lowest BCUT2D eigenvalue weighted by molar-refractivity contribution is -0.163. The minimum absolute atomic E-state index is 0.0553. The van der Waals surface area contributed by atoms with E-state index in [1.54, 1.807) is 6.92 Å². The standard InChI is InChI=1S/C11H17NO5S/c1-3-4-17-11(10(15)16)5-12-8(14)7(6(2)13)9(12)18-11/h6-7,9,13H,3-5H2,1-2H3,(H,15,16)/t6?,7-,9+,11?/m0/s1. The second kappa shape index (κ2) is 4.71. The quantitative estimate of drug-likeness (QED) is 0.692. The predicted molar refractivity (Wildman–Crippen MR) is 64.9 cm³/mol. The number of thioether (sulfide) groups is 1. The number of rotatable bonds is 5. The van der Waals surface area contributed by atoms with Crippen molar-refractivity contribution in [2.24, 2.45) is 5.92 Å². The van der Waals surface area contributed by atoms with E-state index in [0.29, 0.717) is 13.0 Å². The molecule has 6 nitrogen and oxygen atoms in total. The fourth-order valence-corrected chi connectivity index (χ4v) is 3.93. The molecular weight excluding hydrogens is 258 g/mol.